The summed E-state index contributed by atoms with van der Waals surface area (Å²) < 4.78 is 9.26. The van der Waals surface area contributed by atoms with E-state index in [9.17, 15) is 0 Å². The van der Waals surface area contributed by atoms with Gasteiger partial charge in [0.25, 0.3) is 0 Å². The summed E-state index contributed by atoms with van der Waals surface area (Å²) in [6, 6.07) is 0. The van der Waals surface area contributed by atoms with Crippen LogP contribution in [0.5, 0.6) is 0 Å². The van der Waals surface area contributed by atoms with Crippen LogP contribution in [0.4, 0.5) is 0 Å². The Kier molecular flexibility index (Phi) is 6.34. The van der Waals surface area contributed by atoms with Gasteiger partial charge in [0, 0.05) is 14.1 Å². The molecule has 0 aromatic heterocycles. The minimum absolute atomic E-state index is 0.0992. The molecule has 0 aliphatic rings. The van der Waals surface area contributed by atoms with Crippen molar-refractivity contribution in [3.8, 4) is 0 Å². The SMILES string of the molecule is CN(C)OPOPO. The van der Waals surface area contributed by atoms with Crippen molar-refractivity contribution >= 4 is 18.1 Å². The van der Waals surface area contributed by atoms with Gasteiger partial charge in [0.15, 0.2) is 18.1 Å². The second kappa shape index (κ2) is 5.83. The van der Waals surface area contributed by atoms with Crippen LogP contribution in [0.2, 0.25) is 0 Å². The summed E-state index contributed by atoms with van der Waals surface area (Å²) in [6.45, 7) is 0. The van der Waals surface area contributed by atoms with Crippen LogP contribution in [0.25, 0.3) is 0 Å². The molecule has 0 aliphatic heterocycles. The van der Waals surface area contributed by atoms with Gasteiger partial charge in [0.2, 0.25) is 0 Å². The third kappa shape index (κ3) is 6.70. The highest BCUT2D eigenvalue weighted by atomic mass is 31.2. The summed E-state index contributed by atoms with van der Waals surface area (Å²) in [7, 11) is 2.91. The molecule has 2 unspecified atom stereocenters. The van der Waals surface area contributed by atoms with Gasteiger partial charge in [-0.25, -0.2) is 0 Å². The average Bonchev–Trinajstić information content (AvgIpc) is 1.66. The Balaban J connectivity index is 2.72. The highest BCUT2D eigenvalue weighted by Gasteiger charge is 1.86. The van der Waals surface area contributed by atoms with Gasteiger partial charge in [-0.15, -0.1) is 0 Å². The molecule has 0 amide bonds. The Bertz CT molecular complexity index is 52.5. The van der Waals surface area contributed by atoms with Gasteiger partial charge in [-0.1, -0.05) is 0 Å². The molecule has 0 spiro atoms. The number of nitrogens with zero attached hydrogens (tertiary/aromatic N) is 1. The molecule has 0 aromatic carbocycles. The Labute approximate surface area is 52.0 Å². The lowest BCUT2D eigenvalue weighted by Crippen LogP contribution is -2.05. The van der Waals surface area contributed by atoms with Crippen LogP contribution in [-0.4, -0.2) is 24.1 Å². The summed E-state index contributed by atoms with van der Waals surface area (Å²) in [5, 5.41) is 1.51. The van der Waals surface area contributed by atoms with E-state index in [2.05, 4.69) is 4.31 Å². The van der Waals surface area contributed by atoms with E-state index in [1.165, 1.54) is 5.06 Å². The Morgan fingerprint density at radius 1 is 1.50 bits per heavy atom. The summed E-state index contributed by atoms with van der Waals surface area (Å²) in [5.41, 5.74) is 0. The summed E-state index contributed by atoms with van der Waals surface area (Å²) in [5.74, 6) is 0. The molecule has 0 rings (SSSR count). The van der Waals surface area contributed by atoms with E-state index in [1.54, 1.807) is 14.1 Å². The predicted octanol–water partition coefficient (Wildman–Crippen LogP) is 0.505. The van der Waals surface area contributed by atoms with Crippen molar-refractivity contribution in [2.45, 2.75) is 0 Å². The normalized spacial score (nSPS) is 13.5. The number of hydrogen-bond donors (Lipinski definition) is 1. The van der Waals surface area contributed by atoms with E-state index in [0.717, 1.165) is 0 Å². The molecule has 8 heavy (non-hydrogen) atoms. The first-order chi connectivity index (χ1) is 3.77. The molecule has 1 N–H and O–H groups in total. The lowest BCUT2D eigenvalue weighted by atomic mass is 11.2. The van der Waals surface area contributed by atoms with Crippen LogP contribution < -0.4 is 0 Å². The van der Waals surface area contributed by atoms with Gasteiger partial charge in [0.1, 0.15) is 0 Å². The molecule has 0 aliphatic carbocycles. The zero-order valence-electron chi connectivity index (χ0n) is 4.71. The van der Waals surface area contributed by atoms with Crippen molar-refractivity contribution in [3.05, 3.63) is 0 Å². The molecule has 2 atom stereocenters. The Morgan fingerprint density at radius 3 is 2.50 bits per heavy atom. The molecule has 0 saturated carbocycles. The monoisotopic (exact) mass is 157 g/mol. The quantitative estimate of drug-likeness (QED) is 0.366. The van der Waals surface area contributed by atoms with Crippen LogP contribution in [-0.2, 0) is 8.94 Å². The smallest absolute Gasteiger partial charge is 0.183 e. The van der Waals surface area contributed by atoms with Crippen molar-refractivity contribution < 1.29 is 13.8 Å². The van der Waals surface area contributed by atoms with Gasteiger partial charge in [-0.2, -0.15) is 5.06 Å². The van der Waals surface area contributed by atoms with Gasteiger partial charge in [0.05, 0.1) is 0 Å². The zero-order chi connectivity index (χ0) is 6.41. The zero-order valence-corrected chi connectivity index (χ0v) is 6.71. The fourth-order valence-corrected chi connectivity index (χ4v) is 0.559. The standard InChI is InChI=1S/C2H9NO3P2/c1-3(2)5-8-6-7-4/h4,7-8H,1-2H3. The second-order valence-electron chi connectivity index (χ2n) is 1.18. The lowest BCUT2D eigenvalue weighted by molar-refractivity contribution is 0.00775. The molecule has 50 valence electrons. The predicted molar refractivity (Wildman–Crippen MR) is 34.7 cm³/mol. The van der Waals surface area contributed by atoms with Crippen molar-refractivity contribution in [2.75, 3.05) is 14.1 Å². The Hall–Kier alpha value is 0.700. The van der Waals surface area contributed by atoms with Gasteiger partial charge in [-0.3, -0.25) is 8.94 Å². The first kappa shape index (κ1) is 8.70. The fraction of sp³-hybridized carbons (Fsp3) is 1.00. The highest BCUT2D eigenvalue weighted by Crippen LogP contribution is 2.23. The maximum atomic E-state index is 8.09. The van der Waals surface area contributed by atoms with Crippen LogP contribution in [0, 0.1) is 0 Å². The van der Waals surface area contributed by atoms with Crippen molar-refractivity contribution in [1.29, 1.82) is 0 Å². The highest BCUT2D eigenvalue weighted by molar-refractivity contribution is 7.40. The summed E-state index contributed by atoms with van der Waals surface area (Å²) in [6.07, 6.45) is 0. The summed E-state index contributed by atoms with van der Waals surface area (Å²) >= 11 is 0. The van der Waals surface area contributed by atoms with E-state index in [-0.39, 0.29) is 9.03 Å². The molecule has 0 aromatic rings. The van der Waals surface area contributed by atoms with E-state index < -0.39 is 9.03 Å². The molecule has 0 heterocycles. The average molecular weight is 157 g/mol. The van der Waals surface area contributed by atoms with Crippen LogP contribution in [0.3, 0.4) is 0 Å². The maximum absolute atomic E-state index is 8.09. The largest absolute Gasteiger partial charge is 0.352 e. The van der Waals surface area contributed by atoms with Crippen molar-refractivity contribution in [3.63, 3.8) is 0 Å². The van der Waals surface area contributed by atoms with Crippen LogP contribution in [0.1, 0.15) is 0 Å². The van der Waals surface area contributed by atoms with E-state index in [1.807, 2.05) is 0 Å². The molecular formula is C2H9NO3P2. The topological polar surface area (TPSA) is 41.9 Å². The molecule has 0 saturated heterocycles. The minimum Gasteiger partial charge on any atom is -0.352 e. The van der Waals surface area contributed by atoms with Crippen LogP contribution >= 0.6 is 18.1 Å². The third-order valence-corrected chi connectivity index (χ3v) is 1.45. The number of rotatable bonds is 4. The minimum atomic E-state index is -0.482. The maximum Gasteiger partial charge on any atom is 0.183 e. The molecule has 0 fully saturated rings. The second-order valence-corrected chi connectivity index (χ2v) is 2.53. The first-order valence-corrected chi connectivity index (χ1v) is 3.58. The summed E-state index contributed by atoms with van der Waals surface area (Å²) in [4.78, 5) is 8.09. The van der Waals surface area contributed by atoms with E-state index >= 15 is 0 Å². The van der Waals surface area contributed by atoms with E-state index in [4.69, 9.17) is 9.52 Å². The molecule has 6 heteroatoms. The third-order valence-electron chi connectivity index (χ3n) is 0.307. The molecule has 0 radical (unpaired) electrons. The number of hydrogen-bond acceptors (Lipinski definition) is 4. The van der Waals surface area contributed by atoms with Gasteiger partial charge < -0.3 is 4.89 Å². The fourth-order valence-electron chi connectivity index (χ4n) is 0.112. The molecule has 4 nitrogen and oxygen atoms in total. The first-order valence-electron chi connectivity index (χ1n) is 1.91. The van der Waals surface area contributed by atoms with E-state index in [0.29, 0.717) is 0 Å². The number of hydroxylamine groups is 2. The Morgan fingerprint density at radius 2 is 2.12 bits per heavy atom. The molecular weight excluding hydrogens is 148 g/mol. The van der Waals surface area contributed by atoms with Crippen LogP contribution in [0.15, 0.2) is 0 Å². The lowest BCUT2D eigenvalue weighted by Gasteiger charge is -2.06. The van der Waals surface area contributed by atoms with Crippen molar-refractivity contribution in [1.82, 2.24) is 5.06 Å². The van der Waals surface area contributed by atoms with Gasteiger partial charge in [-0.05, 0) is 0 Å². The van der Waals surface area contributed by atoms with Crippen molar-refractivity contribution in [2.24, 2.45) is 0 Å². The van der Waals surface area contributed by atoms with Gasteiger partial charge >= 0.3 is 0 Å². The molecule has 0 bridgehead atoms.